The zero-order valence-corrected chi connectivity index (χ0v) is 17.8. The molecule has 0 radical (unpaired) electrons. The molecule has 3 nitrogen and oxygen atoms in total. The summed E-state index contributed by atoms with van der Waals surface area (Å²) >= 11 is 1.60. The first kappa shape index (κ1) is 21.8. The maximum absolute atomic E-state index is 6.22. The Hall–Kier alpha value is -2.46. The van der Waals surface area contributed by atoms with Crippen LogP contribution in [0.25, 0.3) is 0 Å². The van der Waals surface area contributed by atoms with Crippen LogP contribution >= 0.6 is 11.8 Å². The number of nitrogens with one attached hydrogen (secondary N) is 1. The van der Waals surface area contributed by atoms with E-state index in [1.54, 1.807) is 11.8 Å². The van der Waals surface area contributed by atoms with Crippen LogP contribution in [0.5, 0.6) is 5.75 Å². The molecule has 0 aliphatic heterocycles. The lowest BCUT2D eigenvalue weighted by molar-refractivity contribution is 0.242. The van der Waals surface area contributed by atoms with Crippen LogP contribution in [-0.2, 0) is 6.54 Å². The van der Waals surface area contributed by atoms with E-state index in [-0.39, 0.29) is 6.10 Å². The van der Waals surface area contributed by atoms with Crippen LogP contribution in [0.3, 0.4) is 0 Å². The molecular weight excluding hydrogens is 364 g/mol. The van der Waals surface area contributed by atoms with Gasteiger partial charge in [-0.25, -0.2) is 0 Å². The number of ether oxygens (including phenoxy) is 1. The van der Waals surface area contributed by atoms with Crippen molar-refractivity contribution in [1.29, 1.82) is 0 Å². The van der Waals surface area contributed by atoms with Crippen molar-refractivity contribution in [2.24, 2.45) is 4.99 Å². The van der Waals surface area contributed by atoms with Crippen molar-refractivity contribution >= 4 is 22.6 Å². The second-order valence-electron chi connectivity index (χ2n) is 5.98. The first-order chi connectivity index (χ1) is 13.8. The van der Waals surface area contributed by atoms with E-state index in [1.165, 1.54) is 5.56 Å². The van der Waals surface area contributed by atoms with E-state index in [2.05, 4.69) is 41.8 Å². The molecule has 1 N–H and O–H groups in total. The van der Waals surface area contributed by atoms with E-state index in [4.69, 9.17) is 9.73 Å². The summed E-state index contributed by atoms with van der Waals surface area (Å²) in [4.78, 5) is 4.70. The molecule has 0 saturated carbocycles. The van der Waals surface area contributed by atoms with Crippen LogP contribution in [0.2, 0.25) is 0 Å². The summed E-state index contributed by atoms with van der Waals surface area (Å²) < 4.78 is 6.22. The van der Waals surface area contributed by atoms with E-state index in [0.29, 0.717) is 6.54 Å². The van der Waals surface area contributed by atoms with Gasteiger partial charge in [-0.3, -0.25) is 4.99 Å². The van der Waals surface area contributed by atoms with Crippen LogP contribution in [-0.4, -0.2) is 17.5 Å². The summed E-state index contributed by atoms with van der Waals surface area (Å²) in [7, 11) is 0. The largest absolute Gasteiger partial charge is 0.484 e. The number of para-hydroxylation sites is 2. The third kappa shape index (κ3) is 7.28. The molecule has 1 aliphatic rings. The molecular formula is C24H30N2OS. The van der Waals surface area contributed by atoms with Crippen molar-refractivity contribution in [2.45, 2.75) is 39.3 Å². The molecule has 3 rings (SSSR count). The minimum absolute atomic E-state index is 0.0898. The first-order valence-corrected chi connectivity index (χ1v) is 11.1. The van der Waals surface area contributed by atoms with Crippen molar-refractivity contribution in [1.82, 2.24) is 0 Å². The summed E-state index contributed by atoms with van der Waals surface area (Å²) in [5, 5.41) is 4.30. The van der Waals surface area contributed by atoms with Gasteiger partial charge in [0.2, 0.25) is 0 Å². The van der Waals surface area contributed by atoms with E-state index in [0.717, 1.165) is 29.4 Å². The number of rotatable bonds is 5. The number of amidine groups is 1. The Bertz CT molecular complexity index is 784. The van der Waals surface area contributed by atoms with Gasteiger partial charge in [-0.1, -0.05) is 86.3 Å². The molecule has 2 aromatic carbocycles. The quantitative estimate of drug-likeness (QED) is 0.452. The minimum Gasteiger partial charge on any atom is -0.484 e. The van der Waals surface area contributed by atoms with Crippen LogP contribution < -0.4 is 10.1 Å². The van der Waals surface area contributed by atoms with Gasteiger partial charge >= 0.3 is 0 Å². The molecule has 0 saturated heterocycles. The summed E-state index contributed by atoms with van der Waals surface area (Å²) in [5.41, 5.74) is 2.14. The smallest absolute Gasteiger partial charge is 0.161 e. The molecule has 28 heavy (non-hydrogen) atoms. The highest BCUT2D eigenvalue weighted by Crippen LogP contribution is 2.27. The van der Waals surface area contributed by atoms with Crippen molar-refractivity contribution in [3.63, 3.8) is 0 Å². The molecule has 1 aliphatic carbocycles. The Morgan fingerprint density at radius 1 is 1.07 bits per heavy atom. The summed E-state index contributed by atoms with van der Waals surface area (Å²) in [6.07, 6.45) is 12.6. The molecule has 0 spiro atoms. The van der Waals surface area contributed by atoms with Gasteiger partial charge in [-0.2, -0.15) is 0 Å². The van der Waals surface area contributed by atoms with Crippen LogP contribution in [0, 0.1) is 0 Å². The van der Waals surface area contributed by atoms with E-state index in [9.17, 15) is 0 Å². The molecule has 0 bridgehead atoms. The monoisotopic (exact) mass is 394 g/mol. The predicted octanol–water partition coefficient (Wildman–Crippen LogP) is 6.70. The van der Waals surface area contributed by atoms with Crippen molar-refractivity contribution in [3.8, 4) is 5.75 Å². The average Bonchev–Trinajstić information content (AvgIpc) is 3.03. The zero-order valence-electron chi connectivity index (χ0n) is 17.0. The van der Waals surface area contributed by atoms with Crippen LogP contribution in [0.1, 0.15) is 32.3 Å². The van der Waals surface area contributed by atoms with Crippen molar-refractivity contribution in [3.05, 3.63) is 84.5 Å². The summed E-state index contributed by atoms with van der Waals surface area (Å²) in [5.74, 6) is 0.852. The fourth-order valence-corrected chi connectivity index (χ4v) is 3.08. The number of nitrogens with zero attached hydrogens (tertiary/aromatic N) is 1. The van der Waals surface area contributed by atoms with Gasteiger partial charge in [0.1, 0.15) is 11.9 Å². The normalized spacial score (nSPS) is 16.0. The third-order valence-electron chi connectivity index (χ3n) is 4.04. The number of hydrogen-bond acceptors (Lipinski definition) is 3. The molecule has 1 unspecified atom stereocenters. The zero-order chi connectivity index (χ0) is 20.0. The highest BCUT2D eigenvalue weighted by molar-refractivity contribution is 8.13. The standard InChI is InChI=1S/C22H24N2OS.C2H6/c1-26-22(23-17-18-11-5-4-6-12-18)24-20-15-9-10-16-21(20)25-19-13-7-2-3-8-14-19;1-2/h2-7,9-13,15-16,19H,8,14,17H2,1H3,(H,23,24);1-2H3. The molecule has 0 aromatic heterocycles. The molecule has 0 amide bonds. The van der Waals surface area contributed by atoms with E-state index < -0.39 is 0 Å². The Morgan fingerprint density at radius 2 is 1.82 bits per heavy atom. The second kappa shape index (κ2) is 12.8. The van der Waals surface area contributed by atoms with Crippen LogP contribution in [0.4, 0.5) is 5.69 Å². The lowest BCUT2D eigenvalue weighted by atomic mass is 10.2. The fourth-order valence-electron chi connectivity index (χ4n) is 2.67. The first-order valence-electron chi connectivity index (χ1n) is 9.83. The Morgan fingerprint density at radius 3 is 2.61 bits per heavy atom. The highest BCUT2D eigenvalue weighted by atomic mass is 32.2. The number of hydrogen-bond donors (Lipinski definition) is 1. The van der Waals surface area contributed by atoms with Gasteiger partial charge in [0.25, 0.3) is 0 Å². The van der Waals surface area contributed by atoms with Gasteiger partial charge < -0.3 is 10.1 Å². The molecule has 1 atom stereocenters. The fraction of sp³-hybridized carbons (Fsp3) is 0.292. The van der Waals surface area contributed by atoms with E-state index in [1.807, 2.05) is 62.6 Å². The number of allylic oxidation sites excluding steroid dienone is 3. The molecule has 4 heteroatoms. The Labute approximate surface area is 173 Å². The summed E-state index contributed by atoms with van der Waals surface area (Å²) in [6.45, 7) is 4.66. The van der Waals surface area contributed by atoms with Gasteiger partial charge in [0, 0.05) is 0 Å². The number of anilines is 1. The predicted molar refractivity (Wildman–Crippen MR) is 124 cm³/mol. The highest BCUT2D eigenvalue weighted by Gasteiger charge is 2.11. The summed E-state index contributed by atoms with van der Waals surface area (Å²) in [6, 6.07) is 18.3. The van der Waals surface area contributed by atoms with Gasteiger partial charge in [0.15, 0.2) is 5.17 Å². The number of aliphatic imine (C=N–C) groups is 1. The maximum atomic E-state index is 6.22. The van der Waals surface area contributed by atoms with E-state index >= 15 is 0 Å². The average molecular weight is 395 g/mol. The third-order valence-corrected chi connectivity index (χ3v) is 4.66. The SMILES string of the molecule is CC.CSC(=NCc1ccccc1)Nc1ccccc1OC1C=CC=CCC1. The molecule has 2 aromatic rings. The Kier molecular flexibility index (Phi) is 10.0. The van der Waals surface area contributed by atoms with Crippen molar-refractivity contribution in [2.75, 3.05) is 11.6 Å². The van der Waals surface area contributed by atoms with Crippen molar-refractivity contribution < 1.29 is 4.74 Å². The Balaban J connectivity index is 0.00000136. The number of thioether (sulfide) groups is 1. The minimum atomic E-state index is 0.0898. The van der Waals surface area contributed by atoms with Gasteiger partial charge in [0.05, 0.1) is 12.2 Å². The van der Waals surface area contributed by atoms with Gasteiger partial charge in [-0.05, 0) is 42.9 Å². The molecule has 148 valence electrons. The molecule has 0 heterocycles. The lowest BCUT2D eigenvalue weighted by Gasteiger charge is -2.18. The number of benzene rings is 2. The molecule has 0 fully saturated rings. The second-order valence-corrected chi connectivity index (χ2v) is 6.77. The van der Waals surface area contributed by atoms with Gasteiger partial charge in [-0.15, -0.1) is 0 Å². The lowest BCUT2D eigenvalue weighted by Crippen LogP contribution is -2.15. The van der Waals surface area contributed by atoms with Crippen LogP contribution in [0.15, 0.2) is 83.9 Å². The maximum Gasteiger partial charge on any atom is 0.161 e. The topological polar surface area (TPSA) is 33.6 Å².